The van der Waals surface area contributed by atoms with Crippen molar-refractivity contribution >= 4 is 52.6 Å². The molecule has 0 N–H and O–H groups in total. The van der Waals surface area contributed by atoms with E-state index in [0.717, 1.165) is 6.92 Å². The van der Waals surface area contributed by atoms with Gasteiger partial charge in [0, 0.05) is 13.8 Å². The van der Waals surface area contributed by atoms with Gasteiger partial charge in [-0.05, 0) is 18.2 Å². The average molecular weight is 367 g/mol. The monoisotopic (exact) mass is 365 g/mol. The standard InChI is InChI=1S/C13H10Cl3NO5/c1-6(18)17-11(20)9-5-8(21-7(2)19)3-4-10(9)22-12(17)13(14,15)16/h3-5,12H,1-2H3. The second kappa shape index (κ2) is 5.95. The van der Waals surface area contributed by atoms with Gasteiger partial charge in [0.05, 0.1) is 5.56 Å². The Morgan fingerprint density at radius 1 is 1.27 bits per heavy atom. The fraction of sp³-hybridized carbons (Fsp3) is 0.308. The van der Waals surface area contributed by atoms with Crippen molar-refractivity contribution in [2.75, 3.05) is 0 Å². The Labute approximate surface area is 140 Å². The summed E-state index contributed by atoms with van der Waals surface area (Å²) in [5, 5.41) is 0. The lowest BCUT2D eigenvalue weighted by atomic mass is 10.1. The number of benzene rings is 1. The Hall–Kier alpha value is -1.50. The minimum Gasteiger partial charge on any atom is -0.464 e. The van der Waals surface area contributed by atoms with Crippen molar-refractivity contribution in [1.29, 1.82) is 0 Å². The maximum atomic E-state index is 12.5. The first-order valence-corrected chi connectivity index (χ1v) is 7.14. The second-order valence-corrected chi connectivity index (χ2v) is 6.83. The van der Waals surface area contributed by atoms with Crippen LogP contribution in [0.2, 0.25) is 0 Å². The van der Waals surface area contributed by atoms with Crippen molar-refractivity contribution < 1.29 is 23.9 Å². The molecule has 118 valence electrons. The van der Waals surface area contributed by atoms with E-state index in [0.29, 0.717) is 4.90 Å². The van der Waals surface area contributed by atoms with Crippen LogP contribution in [0.1, 0.15) is 24.2 Å². The molecular weight excluding hydrogens is 357 g/mol. The molecule has 9 heteroatoms. The van der Waals surface area contributed by atoms with E-state index >= 15 is 0 Å². The Balaban J connectivity index is 2.49. The van der Waals surface area contributed by atoms with Crippen LogP contribution in [0.25, 0.3) is 0 Å². The van der Waals surface area contributed by atoms with Gasteiger partial charge in [0.1, 0.15) is 11.5 Å². The highest BCUT2D eigenvalue weighted by Gasteiger charge is 2.47. The molecule has 1 aliphatic heterocycles. The van der Waals surface area contributed by atoms with Crippen LogP contribution < -0.4 is 9.47 Å². The summed E-state index contributed by atoms with van der Waals surface area (Å²) in [6.45, 7) is 2.37. The van der Waals surface area contributed by atoms with E-state index in [1.54, 1.807) is 0 Å². The van der Waals surface area contributed by atoms with Crippen LogP contribution in [0, 0.1) is 0 Å². The Kier molecular flexibility index (Phi) is 4.56. The number of carbonyl (C=O) groups excluding carboxylic acids is 3. The zero-order chi connectivity index (χ0) is 16.7. The second-order valence-electron chi connectivity index (χ2n) is 4.46. The van der Waals surface area contributed by atoms with Gasteiger partial charge in [-0.25, -0.2) is 4.90 Å². The summed E-state index contributed by atoms with van der Waals surface area (Å²) < 4.78 is 8.32. The van der Waals surface area contributed by atoms with Crippen molar-refractivity contribution in [3.05, 3.63) is 23.8 Å². The molecule has 0 bridgehead atoms. The first-order valence-electron chi connectivity index (χ1n) is 6.01. The zero-order valence-electron chi connectivity index (χ0n) is 11.4. The van der Waals surface area contributed by atoms with Crippen molar-refractivity contribution in [1.82, 2.24) is 4.90 Å². The van der Waals surface area contributed by atoms with Gasteiger partial charge < -0.3 is 9.47 Å². The highest BCUT2D eigenvalue weighted by molar-refractivity contribution is 6.68. The molecule has 0 fully saturated rings. The number of hydrogen-bond acceptors (Lipinski definition) is 5. The summed E-state index contributed by atoms with van der Waals surface area (Å²) in [5.41, 5.74) is 0.0273. The van der Waals surface area contributed by atoms with Gasteiger partial charge in [-0.15, -0.1) is 0 Å². The maximum absolute atomic E-state index is 12.5. The fourth-order valence-corrected chi connectivity index (χ4v) is 2.37. The van der Waals surface area contributed by atoms with Gasteiger partial charge in [-0.1, -0.05) is 34.8 Å². The largest absolute Gasteiger partial charge is 0.464 e. The lowest BCUT2D eigenvalue weighted by Crippen LogP contribution is -2.55. The molecule has 0 spiro atoms. The number of halogens is 3. The molecule has 0 saturated carbocycles. The number of hydrogen-bond donors (Lipinski definition) is 0. The number of rotatable bonds is 1. The fourth-order valence-electron chi connectivity index (χ4n) is 1.94. The molecule has 1 atom stereocenters. The van der Waals surface area contributed by atoms with Crippen LogP contribution in [0.15, 0.2) is 18.2 Å². The molecule has 2 amide bonds. The topological polar surface area (TPSA) is 72.9 Å². The molecule has 1 heterocycles. The Morgan fingerprint density at radius 2 is 1.91 bits per heavy atom. The molecule has 1 aliphatic rings. The summed E-state index contributed by atoms with van der Waals surface area (Å²) >= 11 is 17.3. The van der Waals surface area contributed by atoms with E-state index in [1.165, 1.54) is 25.1 Å². The summed E-state index contributed by atoms with van der Waals surface area (Å²) in [5.74, 6) is -1.65. The zero-order valence-corrected chi connectivity index (χ0v) is 13.7. The third kappa shape index (κ3) is 3.29. The minimum atomic E-state index is -2.02. The summed E-state index contributed by atoms with van der Waals surface area (Å²) in [7, 11) is 0. The number of nitrogens with zero attached hydrogens (tertiary/aromatic N) is 1. The first-order chi connectivity index (χ1) is 10.1. The number of imide groups is 1. The van der Waals surface area contributed by atoms with E-state index in [9.17, 15) is 14.4 Å². The Morgan fingerprint density at radius 3 is 2.41 bits per heavy atom. The molecular formula is C13H10Cl3NO5. The third-order valence-corrected chi connectivity index (χ3v) is 3.31. The number of alkyl halides is 3. The lowest BCUT2D eigenvalue weighted by Gasteiger charge is -2.37. The maximum Gasteiger partial charge on any atom is 0.308 e. The Bertz CT molecular complexity index is 656. The van der Waals surface area contributed by atoms with E-state index in [2.05, 4.69) is 0 Å². The molecule has 6 nitrogen and oxygen atoms in total. The minimum absolute atomic E-state index is 0.0273. The van der Waals surface area contributed by atoms with E-state index in [-0.39, 0.29) is 17.1 Å². The molecule has 2 rings (SSSR count). The molecule has 22 heavy (non-hydrogen) atoms. The highest BCUT2D eigenvalue weighted by Crippen LogP contribution is 2.40. The molecule has 1 aromatic carbocycles. The van der Waals surface area contributed by atoms with Gasteiger partial charge in [0.2, 0.25) is 15.9 Å². The third-order valence-electron chi connectivity index (χ3n) is 2.75. The van der Waals surface area contributed by atoms with Crippen molar-refractivity contribution in [3.63, 3.8) is 0 Å². The van der Waals surface area contributed by atoms with Crippen LogP contribution in [-0.2, 0) is 9.59 Å². The summed E-state index contributed by atoms with van der Waals surface area (Å²) in [4.78, 5) is 35.8. The number of carbonyl (C=O) groups is 3. The van der Waals surface area contributed by atoms with Crippen LogP contribution in [0.4, 0.5) is 0 Å². The number of esters is 1. The molecule has 0 radical (unpaired) electrons. The van der Waals surface area contributed by atoms with Crippen molar-refractivity contribution in [3.8, 4) is 11.5 Å². The van der Waals surface area contributed by atoms with Crippen molar-refractivity contribution in [2.45, 2.75) is 23.9 Å². The van der Waals surface area contributed by atoms with Gasteiger partial charge in [-0.2, -0.15) is 0 Å². The molecule has 0 aliphatic carbocycles. The summed E-state index contributed by atoms with van der Waals surface area (Å²) in [6.07, 6.45) is -1.39. The predicted octanol–water partition coefficient (Wildman–Crippen LogP) is 2.69. The van der Waals surface area contributed by atoms with Gasteiger partial charge >= 0.3 is 5.97 Å². The number of amides is 2. The normalized spacial score (nSPS) is 17.6. The number of fused-ring (bicyclic) bond motifs is 1. The van der Waals surface area contributed by atoms with Crippen LogP contribution in [0.3, 0.4) is 0 Å². The van der Waals surface area contributed by atoms with Crippen LogP contribution in [-0.4, -0.2) is 32.7 Å². The van der Waals surface area contributed by atoms with Crippen LogP contribution in [0.5, 0.6) is 11.5 Å². The lowest BCUT2D eigenvalue weighted by molar-refractivity contribution is -0.134. The van der Waals surface area contributed by atoms with Crippen molar-refractivity contribution in [2.24, 2.45) is 0 Å². The number of ether oxygens (including phenoxy) is 2. The highest BCUT2D eigenvalue weighted by atomic mass is 35.6. The van der Waals surface area contributed by atoms with Gasteiger partial charge in [-0.3, -0.25) is 14.4 Å². The van der Waals surface area contributed by atoms with Gasteiger partial charge in [0.25, 0.3) is 5.91 Å². The first kappa shape index (κ1) is 16.9. The molecule has 0 aromatic heterocycles. The van der Waals surface area contributed by atoms with Crippen LogP contribution >= 0.6 is 34.8 Å². The SMILES string of the molecule is CC(=O)Oc1ccc2c(c1)C(=O)N(C(C)=O)C(C(Cl)(Cl)Cl)O2. The van der Waals surface area contributed by atoms with E-state index in [4.69, 9.17) is 44.3 Å². The van der Waals surface area contributed by atoms with E-state index < -0.39 is 27.8 Å². The molecule has 0 saturated heterocycles. The van der Waals surface area contributed by atoms with Gasteiger partial charge in [0.15, 0.2) is 0 Å². The summed E-state index contributed by atoms with van der Waals surface area (Å²) in [6, 6.07) is 4.10. The molecule has 1 aromatic rings. The quantitative estimate of drug-likeness (QED) is 0.434. The molecule has 1 unspecified atom stereocenters. The average Bonchev–Trinajstić information content (AvgIpc) is 2.36. The predicted molar refractivity (Wildman–Crippen MR) is 79.3 cm³/mol. The van der Waals surface area contributed by atoms with E-state index in [1.807, 2.05) is 0 Å². The smallest absolute Gasteiger partial charge is 0.308 e.